The van der Waals surface area contributed by atoms with E-state index in [1.807, 2.05) is 36.4 Å². The second-order valence-corrected chi connectivity index (χ2v) is 6.45. The van der Waals surface area contributed by atoms with Gasteiger partial charge in [-0.25, -0.2) is 9.97 Å². The predicted molar refractivity (Wildman–Crippen MR) is 110 cm³/mol. The van der Waals surface area contributed by atoms with Crippen LogP contribution in [0.3, 0.4) is 0 Å². The third-order valence-corrected chi connectivity index (χ3v) is 4.51. The molecule has 0 unspecified atom stereocenters. The molecule has 0 atom stereocenters. The van der Waals surface area contributed by atoms with Gasteiger partial charge in [-0.05, 0) is 30.3 Å². The molecule has 3 N–H and O–H groups in total. The Kier molecular flexibility index (Phi) is 4.06. The molecule has 8 nitrogen and oxygen atoms in total. The van der Waals surface area contributed by atoms with E-state index in [0.29, 0.717) is 17.3 Å². The highest BCUT2D eigenvalue weighted by atomic mass is 16.1. The number of pyridine rings is 1. The van der Waals surface area contributed by atoms with Gasteiger partial charge in [0, 0.05) is 34.4 Å². The summed E-state index contributed by atoms with van der Waals surface area (Å²) in [5, 5.41) is 10.9. The molecule has 5 aromatic rings. The SMILES string of the molecule is O=Cc1cc2ccc(-c3nccc(Nc4ccc(-c5cn[nH]c5)nc4)n3)cc2[nH]1. The van der Waals surface area contributed by atoms with Crippen LogP contribution in [0.2, 0.25) is 0 Å². The van der Waals surface area contributed by atoms with Crippen molar-refractivity contribution in [1.82, 2.24) is 30.1 Å². The normalized spacial score (nSPS) is 10.9. The van der Waals surface area contributed by atoms with E-state index in [-0.39, 0.29) is 0 Å². The molecule has 5 rings (SSSR count). The predicted octanol–water partition coefficient (Wildman–Crippen LogP) is 3.97. The molecular formula is C21H15N7O. The maximum atomic E-state index is 11.0. The molecule has 4 heterocycles. The quantitative estimate of drug-likeness (QED) is 0.397. The molecule has 29 heavy (non-hydrogen) atoms. The number of H-pyrrole nitrogens is 2. The van der Waals surface area contributed by atoms with Gasteiger partial charge in [0.1, 0.15) is 5.82 Å². The molecule has 0 radical (unpaired) electrons. The lowest BCUT2D eigenvalue weighted by Crippen LogP contribution is -1.97. The fourth-order valence-electron chi connectivity index (χ4n) is 3.10. The lowest BCUT2D eigenvalue weighted by molar-refractivity contribution is 0.112. The van der Waals surface area contributed by atoms with Crippen LogP contribution in [0, 0.1) is 0 Å². The molecule has 140 valence electrons. The van der Waals surface area contributed by atoms with Gasteiger partial charge in [-0.1, -0.05) is 12.1 Å². The first-order chi connectivity index (χ1) is 14.3. The van der Waals surface area contributed by atoms with Gasteiger partial charge in [-0.3, -0.25) is 14.9 Å². The number of hydrogen-bond donors (Lipinski definition) is 3. The Labute approximate surface area is 165 Å². The number of nitrogens with zero attached hydrogens (tertiary/aromatic N) is 4. The molecule has 0 fully saturated rings. The van der Waals surface area contributed by atoms with Gasteiger partial charge < -0.3 is 10.3 Å². The Balaban J connectivity index is 1.40. The third-order valence-electron chi connectivity index (χ3n) is 4.51. The summed E-state index contributed by atoms with van der Waals surface area (Å²) in [5.41, 5.74) is 4.84. The van der Waals surface area contributed by atoms with E-state index < -0.39 is 0 Å². The summed E-state index contributed by atoms with van der Waals surface area (Å²) in [4.78, 5) is 27.4. The van der Waals surface area contributed by atoms with Gasteiger partial charge in [-0.2, -0.15) is 5.10 Å². The van der Waals surface area contributed by atoms with Crippen LogP contribution in [0.15, 0.2) is 67.3 Å². The van der Waals surface area contributed by atoms with Crippen molar-refractivity contribution in [3.05, 3.63) is 72.9 Å². The van der Waals surface area contributed by atoms with Crippen molar-refractivity contribution in [2.45, 2.75) is 0 Å². The van der Waals surface area contributed by atoms with Crippen molar-refractivity contribution in [1.29, 1.82) is 0 Å². The maximum Gasteiger partial charge on any atom is 0.166 e. The molecule has 0 aliphatic rings. The van der Waals surface area contributed by atoms with E-state index >= 15 is 0 Å². The fourth-order valence-corrected chi connectivity index (χ4v) is 3.10. The van der Waals surface area contributed by atoms with Gasteiger partial charge in [0.05, 0.1) is 29.5 Å². The standard InChI is InChI=1S/C21H15N7O/c29-12-17-7-13-1-2-14(8-19(13)26-17)21-22-6-5-20(28-21)27-16-3-4-18(23-11-16)15-9-24-25-10-15/h1-12,26H,(H,24,25)(H,22,27,28). The molecular weight excluding hydrogens is 366 g/mol. The summed E-state index contributed by atoms with van der Waals surface area (Å²) in [5.74, 6) is 1.25. The Morgan fingerprint density at radius 2 is 1.93 bits per heavy atom. The number of benzene rings is 1. The maximum absolute atomic E-state index is 11.0. The molecule has 1 aromatic carbocycles. The Morgan fingerprint density at radius 1 is 0.966 bits per heavy atom. The summed E-state index contributed by atoms with van der Waals surface area (Å²) >= 11 is 0. The minimum absolute atomic E-state index is 0.542. The first-order valence-electron chi connectivity index (χ1n) is 8.92. The average molecular weight is 381 g/mol. The lowest BCUT2D eigenvalue weighted by Gasteiger charge is -2.07. The van der Waals surface area contributed by atoms with Gasteiger partial charge in [-0.15, -0.1) is 0 Å². The third kappa shape index (κ3) is 3.34. The summed E-state index contributed by atoms with van der Waals surface area (Å²) in [6.45, 7) is 0. The molecule has 0 aliphatic heterocycles. The second-order valence-electron chi connectivity index (χ2n) is 6.45. The zero-order valence-corrected chi connectivity index (χ0v) is 15.1. The van der Waals surface area contributed by atoms with Gasteiger partial charge in [0.25, 0.3) is 0 Å². The highest BCUT2D eigenvalue weighted by molar-refractivity contribution is 5.90. The molecule has 4 aromatic heterocycles. The molecule has 0 amide bonds. The molecule has 8 heteroatoms. The van der Waals surface area contributed by atoms with Gasteiger partial charge in [0.2, 0.25) is 0 Å². The van der Waals surface area contributed by atoms with Crippen LogP contribution in [0.5, 0.6) is 0 Å². The topological polar surface area (TPSA) is 112 Å². The number of rotatable bonds is 5. The van der Waals surface area contributed by atoms with Crippen molar-refractivity contribution in [3.8, 4) is 22.6 Å². The van der Waals surface area contributed by atoms with Crippen LogP contribution in [-0.4, -0.2) is 36.4 Å². The number of carbonyl (C=O) groups is 1. The van der Waals surface area contributed by atoms with Crippen molar-refractivity contribution in [2.75, 3.05) is 5.32 Å². The van der Waals surface area contributed by atoms with Crippen molar-refractivity contribution in [2.24, 2.45) is 0 Å². The van der Waals surface area contributed by atoms with E-state index in [1.165, 1.54) is 0 Å². The monoisotopic (exact) mass is 381 g/mol. The zero-order valence-electron chi connectivity index (χ0n) is 15.1. The van der Waals surface area contributed by atoms with E-state index in [0.717, 1.165) is 39.7 Å². The largest absolute Gasteiger partial charge is 0.352 e. The summed E-state index contributed by atoms with van der Waals surface area (Å²) in [6, 6.07) is 13.3. The molecule has 0 saturated heterocycles. The minimum atomic E-state index is 0.542. The average Bonchev–Trinajstić information content (AvgIpc) is 3.44. The first kappa shape index (κ1) is 16.8. The summed E-state index contributed by atoms with van der Waals surface area (Å²) in [6.07, 6.45) is 7.77. The molecule has 0 saturated carbocycles. The van der Waals surface area contributed by atoms with Crippen LogP contribution in [0.1, 0.15) is 10.5 Å². The van der Waals surface area contributed by atoms with Crippen LogP contribution in [-0.2, 0) is 0 Å². The van der Waals surface area contributed by atoms with Crippen molar-refractivity contribution >= 4 is 28.7 Å². The van der Waals surface area contributed by atoms with E-state index in [1.54, 1.807) is 30.9 Å². The van der Waals surface area contributed by atoms with Crippen LogP contribution in [0.4, 0.5) is 11.5 Å². The van der Waals surface area contributed by atoms with E-state index in [4.69, 9.17) is 0 Å². The van der Waals surface area contributed by atoms with Crippen LogP contribution < -0.4 is 5.32 Å². The Bertz CT molecular complexity index is 1290. The van der Waals surface area contributed by atoms with Crippen molar-refractivity contribution in [3.63, 3.8) is 0 Å². The number of aromatic amines is 2. The molecule has 0 spiro atoms. The second kappa shape index (κ2) is 7.01. The van der Waals surface area contributed by atoms with E-state index in [2.05, 4.69) is 35.5 Å². The highest BCUT2D eigenvalue weighted by Gasteiger charge is 2.07. The van der Waals surface area contributed by atoms with Crippen LogP contribution >= 0.6 is 0 Å². The summed E-state index contributed by atoms with van der Waals surface area (Å²) < 4.78 is 0. The fraction of sp³-hybridized carbons (Fsp3) is 0. The van der Waals surface area contributed by atoms with Crippen molar-refractivity contribution < 1.29 is 4.79 Å². The number of aldehydes is 1. The number of hydrogen-bond acceptors (Lipinski definition) is 6. The number of nitrogens with one attached hydrogen (secondary N) is 3. The van der Waals surface area contributed by atoms with Crippen LogP contribution in [0.25, 0.3) is 33.5 Å². The lowest BCUT2D eigenvalue weighted by atomic mass is 10.1. The number of aromatic nitrogens is 6. The Morgan fingerprint density at radius 3 is 2.72 bits per heavy atom. The van der Waals surface area contributed by atoms with E-state index in [9.17, 15) is 4.79 Å². The molecule has 0 bridgehead atoms. The highest BCUT2D eigenvalue weighted by Crippen LogP contribution is 2.24. The number of carbonyl (C=O) groups excluding carboxylic acids is 1. The Hall–Kier alpha value is -4.33. The van der Waals surface area contributed by atoms with Gasteiger partial charge >= 0.3 is 0 Å². The van der Waals surface area contributed by atoms with Gasteiger partial charge in [0.15, 0.2) is 12.1 Å². The number of anilines is 2. The zero-order chi connectivity index (χ0) is 19.6. The number of fused-ring (bicyclic) bond motifs is 1. The minimum Gasteiger partial charge on any atom is -0.352 e. The molecule has 0 aliphatic carbocycles. The summed E-state index contributed by atoms with van der Waals surface area (Å²) in [7, 11) is 0. The first-order valence-corrected chi connectivity index (χ1v) is 8.92. The smallest absolute Gasteiger partial charge is 0.166 e.